The van der Waals surface area contributed by atoms with Gasteiger partial charge >= 0.3 is 0 Å². The van der Waals surface area contributed by atoms with Crippen LogP contribution in [0.25, 0.3) is 0 Å². The highest BCUT2D eigenvalue weighted by Gasteiger charge is 2.46. The average molecular weight is 147 g/mol. The van der Waals surface area contributed by atoms with E-state index in [4.69, 9.17) is 11.6 Å². The molecule has 2 rings (SSSR count). The molecule has 0 unspecified atom stereocenters. The molecule has 2 aliphatic carbocycles. The maximum Gasteiger partial charge on any atom is 0.0611 e. The number of fused-ring (bicyclic) bond motifs is 2. The van der Waals surface area contributed by atoms with E-state index in [0.717, 1.165) is 12.8 Å². The summed E-state index contributed by atoms with van der Waals surface area (Å²) in [5.74, 6) is 0.967. The summed E-state index contributed by atoms with van der Waals surface area (Å²) in [4.78, 5) is 0. The zero-order chi connectivity index (χ0) is 6.43. The molecule has 52 valence electrons. The summed E-state index contributed by atoms with van der Waals surface area (Å²) >= 11 is 5.94. The number of aliphatic hydroxyl groups excluding tert-OH is 1. The first-order chi connectivity index (χ1) is 4.29. The molecular formula is C7H11ClO. The maximum absolute atomic E-state index is 9.41. The molecule has 0 amide bonds. The fourth-order valence-electron chi connectivity index (χ4n) is 2.21. The van der Waals surface area contributed by atoms with E-state index >= 15 is 0 Å². The molecule has 2 aliphatic rings. The molecule has 2 heteroatoms. The van der Waals surface area contributed by atoms with Crippen LogP contribution >= 0.6 is 11.6 Å². The van der Waals surface area contributed by atoms with Gasteiger partial charge in [0, 0.05) is 11.3 Å². The number of hydrogen-bond acceptors (Lipinski definition) is 1. The Balaban J connectivity index is 2.16. The molecule has 0 spiro atoms. The molecule has 4 atom stereocenters. The Kier molecular flexibility index (Phi) is 1.24. The van der Waals surface area contributed by atoms with Crippen molar-refractivity contribution in [3.63, 3.8) is 0 Å². The van der Waals surface area contributed by atoms with E-state index in [2.05, 4.69) is 0 Å². The molecule has 2 saturated carbocycles. The molecule has 0 heterocycles. The lowest BCUT2D eigenvalue weighted by atomic mass is 10.0. The van der Waals surface area contributed by atoms with Crippen LogP contribution in [0.5, 0.6) is 0 Å². The van der Waals surface area contributed by atoms with Gasteiger partial charge in [0.05, 0.1) is 6.10 Å². The zero-order valence-corrected chi connectivity index (χ0v) is 6.01. The van der Waals surface area contributed by atoms with Crippen molar-refractivity contribution in [2.45, 2.75) is 30.7 Å². The lowest BCUT2D eigenvalue weighted by Gasteiger charge is -2.12. The molecule has 1 N–H and O–H groups in total. The van der Waals surface area contributed by atoms with Gasteiger partial charge in [0.1, 0.15) is 0 Å². The highest BCUT2D eigenvalue weighted by atomic mass is 35.5. The summed E-state index contributed by atoms with van der Waals surface area (Å²) in [5, 5.41) is 9.69. The normalized spacial score (nSPS) is 56.7. The third-order valence-corrected chi connectivity index (χ3v) is 3.29. The summed E-state index contributed by atoms with van der Waals surface area (Å²) in [7, 11) is 0. The van der Waals surface area contributed by atoms with Gasteiger partial charge in [-0.25, -0.2) is 0 Å². The molecule has 0 radical (unpaired) electrons. The van der Waals surface area contributed by atoms with Gasteiger partial charge < -0.3 is 5.11 Å². The number of alkyl halides is 1. The molecule has 2 fully saturated rings. The van der Waals surface area contributed by atoms with Gasteiger partial charge in [-0.3, -0.25) is 0 Å². The predicted octanol–water partition coefficient (Wildman–Crippen LogP) is 1.38. The Morgan fingerprint density at radius 3 is 2.33 bits per heavy atom. The van der Waals surface area contributed by atoms with Gasteiger partial charge in [-0.05, 0) is 25.2 Å². The topological polar surface area (TPSA) is 20.2 Å². The fourth-order valence-corrected chi connectivity index (χ4v) is 2.72. The van der Waals surface area contributed by atoms with Gasteiger partial charge in [-0.1, -0.05) is 0 Å². The first-order valence-electron chi connectivity index (χ1n) is 3.61. The van der Waals surface area contributed by atoms with Crippen molar-refractivity contribution < 1.29 is 5.11 Å². The summed E-state index contributed by atoms with van der Waals surface area (Å²) < 4.78 is 0. The second-order valence-electron chi connectivity index (χ2n) is 3.24. The van der Waals surface area contributed by atoms with E-state index in [1.165, 1.54) is 6.42 Å². The second-order valence-corrected chi connectivity index (χ2v) is 3.80. The molecule has 2 bridgehead atoms. The number of rotatable bonds is 0. The summed E-state index contributed by atoms with van der Waals surface area (Å²) in [5.41, 5.74) is 0. The van der Waals surface area contributed by atoms with Gasteiger partial charge in [0.2, 0.25) is 0 Å². The van der Waals surface area contributed by atoms with Gasteiger partial charge in [-0.2, -0.15) is 0 Å². The van der Waals surface area contributed by atoms with E-state index in [-0.39, 0.29) is 11.5 Å². The van der Waals surface area contributed by atoms with Crippen LogP contribution < -0.4 is 0 Å². The molecule has 0 aliphatic heterocycles. The van der Waals surface area contributed by atoms with E-state index in [1.807, 2.05) is 0 Å². The van der Waals surface area contributed by atoms with Crippen LogP contribution in [0.3, 0.4) is 0 Å². The molecule has 0 aromatic heterocycles. The molecular weight excluding hydrogens is 136 g/mol. The zero-order valence-electron chi connectivity index (χ0n) is 5.26. The highest BCUT2D eigenvalue weighted by Crippen LogP contribution is 2.46. The average Bonchev–Trinajstić information content (AvgIpc) is 2.25. The summed E-state index contributed by atoms with van der Waals surface area (Å²) in [6, 6.07) is 0. The van der Waals surface area contributed by atoms with E-state index in [1.54, 1.807) is 0 Å². The van der Waals surface area contributed by atoms with Crippen LogP contribution in [0.1, 0.15) is 19.3 Å². The monoisotopic (exact) mass is 146 g/mol. The SMILES string of the molecule is O[C@H]1[C@@H]2CC[C@H]1[C@H](Cl)C2. The Morgan fingerprint density at radius 2 is 2.11 bits per heavy atom. The Morgan fingerprint density at radius 1 is 1.33 bits per heavy atom. The molecule has 9 heavy (non-hydrogen) atoms. The Labute approximate surface area is 60.0 Å². The summed E-state index contributed by atoms with van der Waals surface area (Å²) in [6.45, 7) is 0. The van der Waals surface area contributed by atoms with Crippen molar-refractivity contribution in [1.82, 2.24) is 0 Å². The first-order valence-corrected chi connectivity index (χ1v) is 4.05. The minimum atomic E-state index is -0.0625. The second kappa shape index (κ2) is 1.86. The maximum atomic E-state index is 9.41. The van der Waals surface area contributed by atoms with Crippen molar-refractivity contribution in [1.29, 1.82) is 0 Å². The minimum absolute atomic E-state index is 0.0625. The first kappa shape index (κ1) is 5.99. The third kappa shape index (κ3) is 0.714. The van der Waals surface area contributed by atoms with Crippen LogP contribution in [-0.2, 0) is 0 Å². The number of halogens is 1. The van der Waals surface area contributed by atoms with E-state index in [9.17, 15) is 5.11 Å². The smallest absolute Gasteiger partial charge is 0.0611 e. The number of hydrogen-bond donors (Lipinski definition) is 1. The Hall–Kier alpha value is 0.250. The Bertz CT molecular complexity index is 126. The predicted molar refractivity (Wildman–Crippen MR) is 36.5 cm³/mol. The lowest BCUT2D eigenvalue weighted by molar-refractivity contribution is 0.129. The van der Waals surface area contributed by atoms with Crippen LogP contribution in [0, 0.1) is 11.8 Å². The van der Waals surface area contributed by atoms with Crippen molar-refractivity contribution in [3.05, 3.63) is 0 Å². The fraction of sp³-hybridized carbons (Fsp3) is 1.00. The van der Waals surface area contributed by atoms with Gasteiger partial charge in [0.25, 0.3) is 0 Å². The van der Waals surface area contributed by atoms with Crippen LogP contribution in [0.2, 0.25) is 0 Å². The molecule has 1 nitrogen and oxygen atoms in total. The highest BCUT2D eigenvalue weighted by molar-refractivity contribution is 6.21. The molecule has 0 aromatic rings. The van der Waals surface area contributed by atoms with Crippen LogP contribution in [0.4, 0.5) is 0 Å². The van der Waals surface area contributed by atoms with Crippen molar-refractivity contribution >= 4 is 11.6 Å². The lowest BCUT2D eigenvalue weighted by Crippen LogP contribution is -2.15. The molecule has 0 aromatic carbocycles. The van der Waals surface area contributed by atoms with Gasteiger partial charge in [-0.15, -0.1) is 11.6 Å². The minimum Gasteiger partial charge on any atom is -0.392 e. The van der Waals surface area contributed by atoms with Gasteiger partial charge in [0.15, 0.2) is 0 Å². The van der Waals surface area contributed by atoms with Crippen LogP contribution in [0.15, 0.2) is 0 Å². The van der Waals surface area contributed by atoms with E-state index < -0.39 is 0 Å². The molecule has 0 saturated heterocycles. The van der Waals surface area contributed by atoms with Crippen molar-refractivity contribution in [2.75, 3.05) is 0 Å². The largest absolute Gasteiger partial charge is 0.392 e. The van der Waals surface area contributed by atoms with Crippen molar-refractivity contribution in [3.8, 4) is 0 Å². The third-order valence-electron chi connectivity index (χ3n) is 2.78. The summed E-state index contributed by atoms with van der Waals surface area (Å²) in [6.07, 6.45) is 3.34. The standard InChI is InChI=1S/C7H11ClO/c8-6-3-4-1-2-5(6)7(4)9/h4-7,9H,1-3H2/t4-,5+,6-,7+/m1/s1. The number of aliphatic hydroxyl groups is 1. The quantitative estimate of drug-likeness (QED) is 0.512. The van der Waals surface area contributed by atoms with Crippen LogP contribution in [-0.4, -0.2) is 16.6 Å². The van der Waals surface area contributed by atoms with E-state index in [0.29, 0.717) is 11.8 Å². The van der Waals surface area contributed by atoms with Crippen molar-refractivity contribution in [2.24, 2.45) is 11.8 Å².